The van der Waals surface area contributed by atoms with E-state index in [9.17, 15) is 18.2 Å². The second-order valence-electron chi connectivity index (χ2n) is 8.00. The number of anilines is 2. The lowest BCUT2D eigenvalue weighted by Gasteiger charge is -2.14. The van der Waals surface area contributed by atoms with Crippen molar-refractivity contribution in [3.8, 4) is 17.1 Å². The molecule has 2 heterocycles. The molecular formula is C24H23F2N4O6P. The lowest BCUT2D eigenvalue weighted by Crippen LogP contribution is -2.38. The molecule has 0 radical (unpaired) electrons. The molecule has 4 N–H and O–H groups in total. The first kappa shape index (κ1) is 26.2. The molecule has 0 amide bonds. The zero-order chi connectivity index (χ0) is 26.6. The molecule has 0 saturated heterocycles. The number of rotatable bonds is 10. The van der Waals surface area contributed by atoms with Gasteiger partial charge in [0, 0.05) is 31.2 Å². The van der Waals surface area contributed by atoms with Crippen molar-refractivity contribution in [3.05, 3.63) is 89.2 Å². The van der Waals surface area contributed by atoms with E-state index in [0.717, 1.165) is 17.2 Å². The van der Waals surface area contributed by atoms with Crippen molar-refractivity contribution in [2.75, 3.05) is 18.2 Å². The SMILES string of the molecule is COc1c(F)cc(F)cc1NCc1ccc(Cc2cc(-c3ccc[n+](COP(=O)([O-])O)c3N)on2)cc1. The van der Waals surface area contributed by atoms with E-state index in [1.54, 1.807) is 18.2 Å². The van der Waals surface area contributed by atoms with Gasteiger partial charge in [-0.3, -0.25) is 14.8 Å². The van der Waals surface area contributed by atoms with Crippen LogP contribution >= 0.6 is 7.82 Å². The van der Waals surface area contributed by atoms with E-state index in [-0.39, 0.29) is 17.3 Å². The van der Waals surface area contributed by atoms with Crippen LogP contribution in [0.5, 0.6) is 5.75 Å². The Morgan fingerprint density at radius 1 is 1.19 bits per heavy atom. The van der Waals surface area contributed by atoms with Crippen LogP contribution in [0.25, 0.3) is 11.3 Å². The summed E-state index contributed by atoms with van der Waals surface area (Å²) in [5.74, 6) is -1.03. The van der Waals surface area contributed by atoms with Crippen LogP contribution in [0.2, 0.25) is 0 Å². The summed E-state index contributed by atoms with van der Waals surface area (Å²) >= 11 is 0. The third kappa shape index (κ3) is 6.69. The molecule has 10 nitrogen and oxygen atoms in total. The van der Waals surface area contributed by atoms with Gasteiger partial charge in [0.2, 0.25) is 0 Å². The lowest BCUT2D eigenvalue weighted by atomic mass is 10.1. The van der Waals surface area contributed by atoms with Gasteiger partial charge in [-0.1, -0.05) is 29.4 Å². The molecule has 13 heteroatoms. The normalized spacial score (nSPS) is 12.8. The van der Waals surface area contributed by atoms with Gasteiger partial charge < -0.3 is 24.4 Å². The maximum absolute atomic E-state index is 13.9. The zero-order valence-electron chi connectivity index (χ0n) is 19.6. The van der Waals surface area contributed by atoms with Crippen molar-refractivity contribution in [3.63, 3.8) is 0 Å². The van der Waals surface area contributed by atoms with Crippen LogP contribution in [0.15, 0.2) is 65.3 Å². The number of nitrogens with two attached hydrogens (primary N) is 1. The average Bonchev–Trinajstić information content (AvgIpc) is 3.30. The smallest absolute Gasteiger partial charge is 0.285 e. The van der Waals surface area contributed by atoms with Crippen molar-refractivity contribution >= 4 is 19.3 Å². The molecular weight excluding hydrogens is 509 g/mol. The fraction of sp³-hybridized carbons (Fsp3) is 0.167. The molecule has 2 aromatic heterocycles. The van der Waals surface area contributed by atoms with Gasteiger partial charge in [-0.25, -0.2) is 13.3 Å². The molecule has 4 aromatic rings. The Kier molecular flexibility index (Phi) is 7.84. The summed E-state index contributed by atoms with van der Waals surface area (Å²) in [6.07, 6.45) is 1.95. The number of phosphoric ester groups is 1. The van der Waals surface area contributed by atoms with Crippen LogP contribution in [0.4, 0.5) is 20.3 Å². The van der Waals surface area contributed by atoms with Gasteiger partial charge in [0.15, 0.2) is 24.1 Å². The van der Waals surface area contributed by atoms with E-state index in [0.29, 0.717) is 30.0 Å². The molecule has 0 saturated carbocycles. The van der Waals surface area contributed by atoms with Crippen molar-refractivity contribution in [1.29, 1.82) is 0 Å². The largest absolute Gasteiger partial charge is 0.756 e. The molecule has 37 heavy (non-hydrogen) atoms. The first-order valence-corrected chi connectivity index (χ1v) is 12.4. The van der Waals surface area contributed by atoms with E-state index in [1.807, 2.05) is 24.3 Å². The standard InChI is InChI=1S/C24H23F2N4O6P/c1-34-23-20(26)10-17(25)11-21(23)28-13-16-6-4-15(5-7-16)9-18-12-22(36-29-18)19-3-2-8-30(24(19)27)14-35-37(31,32)33/h2-8,10-12,27-28H,9,13-14H2,1H3,(H2,31,32,33). The predicted octanol–water partition coefficient (Wildman–Crippen LogP) is 3.14. The van der Waals surface area contributed by atoms with Gasteiger partial charge in [0.1, 0.15) is 11.4 Å². The third-order valence-corrected chi connectivity index (χ3v) is 5.84. The number of nitrogen functional groups attached to an aromatic ring is 1. The molecule has 2 aromatic carbocycles. The van der Waals surface area contributed by atoms with E-state index >= 15 is 0 Å². The Bertz CT molecular complexity index is 1440. The minimum atomic E-state index is -4.91. The molecule has 4 rings (SSSR count). The van der Waals surface area contributed by atoms with E-state index in [2.05, 4.69) is 15.0 Å². The Balaban J connectivity index is 1.41. The van der Waals surface area contributed by atoms with Gasteiger partial charge >= 0.3 is 0 Å². The molecule has 0 aliphatic heterocycles. The highest BCUT2D eigenvalue weighted by atomic mass is 31.2. The predicted molar refractivity (Wildman–Crippen MR) is 127 cm³/mol. The number of phosphoric acid groups is 1. The van der Waals surface area contributed by atoms with Gasteiger partial charge in [0.05, 0.1) is 24.7 Å². The van der Waals surface area contributed by atoms with Gasteiger partial charge in [-0.05, 0) is 23.3 Å². The summed E-state index contributed by atoms with van der Waals surface area (Å²) in [4.78, 5) is 19.7. The first-order valence-electron chi connectivity index (χ1n) is 10.9. The number of halogens is 2. The number of hydrogen-bond donors (Lipinski definition) is 3. The second-order valence-corrected chi connectivity index (χ2v) is 9.20. The molecule has 0 aliphatic rings. The van der Waals surface area contributed by atoms with Crippen LogP contribution in [-0.2, 0) is 28.8 Å². The summed E-state index contributed by atoms with van der Waals surface area (Å²) in [6.45, 7) is -0.178. The van der Waals surface area contributed by atoms with Crippen molar-refractivity contribution in [2.24, 2.45) is 0 Å². The van der Waals surface area contributed by atoms with Crippen LogP contribution in [0.3, 0.4) is 0 Å². The first-order chi connectivity index (χ1) is 17.6. The van der Waals surface area contributed by atoms with E-state index < -0.39 is 26.2 Å². The van der Waals surface area contributed by atoms with Crippen LogP contribution in [0.1, 0.15) is 16.8 Å². The molecule has 194 valence electrons. The molecule has 0 fully saturated rings. The number of methoxy groups -OCH3 is 1. The Morgan fingerprint density at radius 2 is 1.92 bits per heavy atom. The number of pyridine rings is 1. The fourth-order valence-corrected chi connectivity index (χ4v) is 3.89. The quantitative estimate of drug-likeness (QED) is 0.207. The number of ether oxygens (including phenoxy) is 1. The average molecular weight is 532 g/mol. The van der Waals surface area contributed by atoms with Crippen molar-refractivity contribution < 1.29 is 41.5 Å². The van der Waals surface area contributed by atoms with Crippen LogP contribution < -0.4 is 25.2 Å². The molecule has 0 aliphatic carbocycles. The van der Waals surface area contributed by atoms with Crippen LogP contribution in [0, 0.1) is 11.6 Å². The molecule has 0 bridgehead atoms. The van der Waals surface area contributed by atoms with E-state index in [1.165, 1.54) is 23.9 Å². The molecule has 0 spiro atoms. The van der Waals surface area contributed by atoms with Crippen molar-refractivity contribution in [1.82, 2.24) is 5.16 Å². The third-order valence-electron chi connectivity index (χ3n) is 5.40. The number of hydrogen-bond acceptors (Lipinski definition) is 8. The number of nitrogens with one attached hydrogen (secondary N) is 1. The van der Waals surface area contributed by atoms with Crippen molar-refractivity contribution in [2.45, 2.75) is 19.7 Å². The minimum absolute atomic E-state index is 0.0595. The summed E-state index contributed by atoms with van der Waals surface area (Å²) in [5, 5.41) is 7.05. The lowest BCUT2D eigenvalue weighted by molar-refractivity contribution is -0.712. The maximum Gasteiger partial charge on any atom is 0.285 e. The van der Waals surface area contributed by atoms with Crippen LogP contribution in [-0.4, -0.2) is 17.2 Å². The highest BCUT2D eigenvalue weighted by molar-refractivity contribution is 7.44. The number of nitrogens with zero attached hydrogens (tertiary/aromatic N) is 2. The molecule has 1 atom stereocenters. The van der Waals surface area contributed by atoms with Gasteiger partial charge in [-0.2, -0.15) is 0 Å². The summed E-state index contributed by atoms with van der Waals surface area (Å²) < 4.78 is 54.4. The topological polar surface area (TPSA) is 147 Å². The summed E-state index contributed by atoms with van der Waals surface area (Å²) in [5.41, 5.74) is 9.23. The number of aromatic nitrogens is 2. The highest BCUT2D eigenvalue weighted by Crippen LogP contribution is 2.31. The fourth-order valence-electron chi connectivity index (χ4n) is 3.62. The van der Waals surface area contributed by atoms with Gasteiger partial charge in [0.25, 0.3) is 13.6 Å². The monoisotopic (exact) mass is 532 g/mol. The highest BCUT2D eigenvalue weighted by Gasteiger charge is 2.18. The summed E-state index contributed by atoms with van der Waals surface area (Å²) in [6, 6.07) is 14.5. The summed E-state index contributed by atoms with van der Waals surface area (Å²) in [7, 11) is -3.59. The number of benzene rings is 2. The maximum atomic E-state index is 13.9. The Labute approximate surface area is 210 Å². The Morgan fingerprint density at radius 3 is 2.62 bits per heavy atom. The second kappa shape index (κ2) is 11.1. The van der Waals surface area contributed by atoms with E-state index in [4.69, 9.17) is 19.9 Å². The van der Waals surface area contributed by atoms with Gasteiger partial charge in [-0.15, -0.1) is 0 Å². The minimum Gasteiger partial charge on any atom is -0.756 e. The molecule has 1 unspecified atom stereocenters. The Hall–Kier alpha value is -3.83. The zero-order valence-corrected chi connectivity index (χ0v) is 20.5.